The van der Waals surface area contributed by atoms with Crippen molar-refractivity contribution in [2.75, 3.05) is 12.0 Å². The fraction of sp³-hybridized carbons (Fsp3) is 0.538. The van der Waals surface area contributed by atoms with Crippen molar-refractivity contribution in [1.29, 1.82) is 0 Å². The molecule has 0 bridgehead atoms. The zero-order chi connectivity index (χ0) is 12.1. The zero-order valence-electron chi connectivity index (χ0n) is 10.5. The van der Waals surface area contributed by atoms with Crippen LogP contribution in [0.1, 0.15) is 23.6 Å². The maximum absolute atomic E-state index is 11.0. The van der Waals surface area contributed by atoms with Crippen LogP contribution in [0.2, 0.25) is 0 Å². The lowest BCUT2D eigenvalue weighted by atomic mass is 10.1. The molecule has 1 rings (SSSR count). The molecule has 0 heterocycles. The van der Waals surface area contributed by atoms with Gasteiger partial charge < -0.3 is 5.32 Å². The number of aryl methyl sites for hydroxylation is 2. The summed E-state index contributed by atoms with van der Waals surface area (Å²) in [6, 6.07) is 6.80. The van der Waals surface area contributed by atoms with Crippen molar-refractivity contribution in [2.45, 2.75) is 33.4 Å². The first kappa shape index (κ1) is 13.4. The quantitative estimate of drug-likeness (QED) is 0.853. The van der Waals surface area contributed by atoms with Gasteiger partial charge in [-0.05, 0) is 37.5 Å². The van der Waals surface area contributed by atoms with E-state index in [1.54, 1.807) is 6.26 Å². The molecular formula is C13H21NOS. The van der Waals surface area contributed by atoms with Crippen molar-refractivity contribution in [2.24, 2.45) is 0 Å². The Morgan fingerprint density at radius 3 is 2.56 bits per heavy atom. The van der Waals surface area contributed by atoms with Gasteiger partial charge in [-0.3, -0.25) is 4.21 Å². The van der Waals surface area contributed by atoms with Gasteiger partial charge in [-0.2, -0.15) is 0 Å². The summed E-state index contributed by atoms with van der Waals surface area (Å²) in [4.78, 5) is 0. The zero-order valence-corrected chi connectivity index (χ0v) is 11.4. The summed E-state index contributed by atoms with van der Waals surface area (Å²) in [5.41, 5.74) is 3.94. The summed E-state index contributed by atoms with van der Waals surface area (Å²) in [7, 11) is -0.724. The van der Waals surface area contributed by atoms with Crippen LogP contribution in [0.4, 0.5) is 0 Å². The second-order valence-corrected chi connectivity index (χ2v) is 5.92. The van der Waals surface area contributed by atoms with Crippen molar-refractivity contribution < 1.29 is 4.21 Å². The minimum absolute atomic E-state index is 0.299. The summed E-state index contributed by atoms with van der Waals surface area (Å²) in [6.07, 6.45) is 1.74. The summed E-state index contributed by atoms with van der Waals surface area (Å²) >= 11 is 0. The van der Waals surface area contributed by atoms with E-state index in [1.165, 1.54) is 16.7 Å². The van der Waals surface area contributed by atoms with Crippen LogP contribution in [0.5, 0.6) is 0 Å². The molecule has 3 heteroatoms. The van der Waals surface area contributed by atoms with Crippen molar-refractivity contribution in [3.63, 3.8) is 0 Å². The number of nitrogens with one attached hydrogen (secondary N) is 1. The Morgan fingerprint density at radius 2 is 2.00 bits per heavy atom. The molecule has 2 atom stereocenters. The highest BCUT2D eigenvalue weighted by atomic mass is 32.2. The molecule has 1 aromatic carbocycles. The van der Waals surface area contributed by atoms with Crippen LogP contribution in [-0.2, 0) is 17.3 Å². The number of hydrogen-bond acceptors (Lipinski definition) is 2. The van der Waals surface area contributed by atoms with Gasteiger partial charge in [0, 0.05) is 35.4 Å². The predicted octanol–water partition coefficient (Wildman–Crippen LogP) is 2.16. The largest absolute Gasteiger partial charge is 0.309 e. The van der Waals surface area contributed by atoms with E-state index in [0.29, 0.717) is 11.8 Å². The van der Waals surface area contributed by atoms with Crippen LogP contribution in [0.3, 0.4) is 0 Å². The van der Waals surface area contributed by atoms with E-state index in [-0.39, 0.29) is 0 Å². The maximum atomic E-state index is 11.0. The lowest BCUT2D eigenvalue weighted by molar-refractivity contribution is 0.587. The van der Waals surface area contributed by atoms with E-state index in [0.717, 1.165) is 6.54 Å². The first-order valence-corrected chi connectivity index (χ1v) is 7.31. The number of hydrogen-bond donors (Lipinski definition) is 1. The topological polar surface area (TPSA) is 29.1 Å². The second-order valence-electron chi connectivity index (χ2n) is 4.44. The van der Waals surface area contributed by atoms with Crippen molar-refractivity contribution in [1.82, 2.24) is 5.32 Å². The minimum Gasteiger partial charge on any atom is -0.309 e. The molecule has 0 saturated heterocycles. The fourth-order valence-electron chi connectivity index (χ4n) is 1.62. The first-order chi connectivity index (χ1) is 7.49. The van der Waals surface area contributed by atoms with E-state index < -0.39 is 10.8 Å². The van der Waals surface area contributed by atoms with Crippen LogP contribution in [0.15, 0.2) is 18.2 Å². The van der Waals surface area contributed by atoms with Crippen LogP contribution in [-0.4, -0.2) is 22.3 Å². The molecule has 2 unspecified atom stereocenters. The maximum Gasteiger partial charge on any atom is 0.0383 e. The lowest BCUT2D eigenvalue weighted by Crippen LogP contribution is -2.30. The monoisotopic (exact) mass is 239 g/mol. The molecule has 0 spiro atoms. The summed E-state index contributed by atoms with van der Waals surface area (Å²) in [6.45, 7) is 7.17. The van der Waals surface area contributed by atoms with Crippen molar-refractivity contribution in [3.8, 4) is 0 Å². The minimum atomic E-state index is -0.724. The smallest absolute Gasteiger partial charge is 0.0383 e. The van der Waals surface area contributed by atoms with E-state index in [2.05, 4.69) is 44.3 Å². The Bertz CT molecular complexity index is 376. The normalized spacial score (nSPS) is 14.8. The second kappa shape index (κ2) is 6.16. The average molecular weight is 239 g/mol. The summed E-state index contributed by atoms with van der Waals surface area (Å²) in [5, 5.41) is 3.38. The summed E-state index contributed by atoms with van der Waals surface area (Å²) in [5.74, 6) is 0.713. The molecule has 90 valence electrons. The SMILES string of the molecule is Cc1ccc(CNC(C)CS(C)=O)cc1C. The molecule has 2 nitrogen and oxygen atoms in total. The molecule has 0 fully saturated rings. The standard InChI is InChI=1S/C13H21NOS/c1-10-5-6-13(7-11(10)2)8-14-12(3)9-16(4)15/h5-7,12,14H,8-9H2,1-4H3. The van der Waals surface area contributed by atoms with E-state index >= 15 is 0 Å². The molecule has 0 aromatic heterocycles. The van der Waals surface area contributed by atoms with Gasteiger partial charge in [0.1, 0.15) is 0 Å². The number of benzene rings is 1. The third kappa shape index (κ3) is 4.45. The van der Waals surface area contributed by atoms with E-state index in [4.69, 9.17) is 0 Å². The molecule has 0 aliphatic heterocycles. The molecule has 0 amide bonds. The van der Waals surface area contributed by atoms with Crippen LogP contribution in [0.25, 0.3) is 0 Å². The molecular weight excluding hydrogens is 218 g/mol. The Balaban J connectivity index is 2.48. The van der Waals surface area contributed by atoms with Crippen LogP contribution >= 0.6 is 0 Å². The van der Waals surface area contributed by atoms with Gasteiger partial charge >= 0.3 is 0 Å². The molecule has 0 aliphatic carbocycles. The lowest BCUT2D eigenvalue weighted by Gasteiger charge is -2.13. The molecule has 16 heavy (non-hydrogen) atoms. The van der Waals surface area contributed by atoms with E-state index in [9.17, 15) is 4.21 Å². The average Bonchev–Trinajstić information content (AvgIpc) is 2.19. The number of rotatable bonds is 5. The highest BCUT2D eigenvalue weighted by molar-refractivity contribution is 7.84. The summed E-state index contributed by atoms with van der Waals surface area (Å²) < 4.78 is 11.0. The van der Waals surface area contributed by atoms with Gasteiger partial charge in [0.25, 0.3) is 0 Å². The third-order valence-corrected chi connectivity index (χ3v) is 3.68. The van der Waals surface area contributed by atoms with Crippen LogP contribution < -0.4 is 5.32 Å². The van der Waals surface area contributed by atoms with Gasteiger partial charge in [-0.1, -0.05) is 18.2 Å². The molecule has 0 radical (unpaired) electrons. The Labute approximate surface area is 101 Å². The van der Waals surface area contributed by atoms with Gasteiger partial charge in [0.05, 0.1) is 0 Å². The Kier molecular flexibility index (Phi) is 5.16. The van der Waals surface area contributed by atoms with Gasteiger partial charge in [0.2, 0.25) is 0 Å². The molecule has 1 aromatic rings. The fourth-order valence-corrected chi connectivity index (χ4v) is 2.44. The van der Waals surface area contributed by atoms with Crippen LogP contribution in [0, 0.1) is 13.8 Å². The van der Waals surface area contributed by atoms with E-state index in [1.807, 2.05) is 0 Å². The Morgan fingerprint density at radius 1 is 1.31 bits per heavy atom. The third-order valence-electron chi connectivity index (χ3n) is 2.71. The highest BCUT2D eigenvalue weighted by Gasteiger charge is 2.04. The molecule has 0 aliphatic rings. The predicted molar refractivity (Wildman–Crippen MR) is 71.2 cm³/mol. The molecule has 1 N–H and O–H groups in total. The van der Waals surface area contributed by atoms with Crippen molar-refractivity contribution in [3.05, 3.63) is 34.9 Å². The first-order valence-electron chi connectivity index (χ1n) is 5.58. The Hall–Kier alpha value is -0.670. The van der Waals surface area contributed by atoms with Gasteiger partial charge in [0.15, 0.2) is 0 Å². The van der Waals surface area contributed by atoms with Gasteiger partial charge in [-0.15, -0.1) is 0 Å². The highest BCUT2D eigenvalue weighted by Crippen LogP contribution is 2.09. The molecule has 0 saturated carbocycles. The van der Waals surface area contributed by atoms with Gasteiger partial charge in [-0.25, -0.2) is 0 Å². The van der Waals surface area contributed by atoms with Crippen molar-refractivity contribution >= 4 is 10.8 Å².